The van der Waals surface area contributed by atoms with Gasteiger partial charge in [0, 0.05) is 29.3 Å². The van der Waals surface area contributed by atoms with Gasteiger partial charge in [-0.3, -0.25) is 9.78 Å². The van der Waals surface area contributed by atoms with Gasteiger partial charge in [0.15, 0.2) is 11.5 Å². The number of methoxy groups -OCH3 is 2. The van der Waals surface area contributed by atoms with Crippen LogP contribution in [0.15, 0.2) is 79.0 Å². The van der Waals surface area contributed by atoms with E-state index in [2.05, 4.69) is 34.6 Å². The Balaban J connectivity index is 1.23. The molecular formula is C31H32N2O4. The molecule has 3 aromatic carbocycles. The number of benzene rings is 3. The molecule has 6 nitrogen and oxygen atoms in total. The normalized spacial score (nSPS) is 17.2. The summed E-state index contributed by atoms with van der Waals surface area (Å²) in [5.74, 6) is 3.26. The highest BCUT2D eigenvalue weighted by Crippen LogP contribution is 2.37. The first-order valence-corrected chi connectivity index (χ1v) is 12.8. The number of carbonyl (C=O) groups is 1. The van der Waals surface area contributed by atoms with Crippen molar-refractivity contribution >= 4 is 22.5 Å². The number of hydrogen-bond acceptors (Lipinski definition) is 5. The van der Waals surface area contributed by atoms with E-state index in [0.29, 0.717) is 28.9 Å². The molecule has 2 atom stereocenters. The van der Waals surface area contributed by atoms with Gasteiger partial charge in [0.25, 0.3) is 0 Å². The summed E-state index contributed by atoms with van der Waals surface area (Å²) in [5, 5.41) is 3.93. The number of fused-ring (bicyclic) bond motifs is 1. The molecule has 1 fully saturated rings. The molecule has 5 rings (SSSR count). The third kappa shape index (κ3) is 5.85. The minimum absolute atomic E-state index is 0.0496. The number of hydrogen-bond donors (Lipinski definition) is 1. The van der Waals surface area contributed by atoms with Crippen LogP contribution in [0.5, 0.6) is 23.0 Å². The summed E-state index contributed by atoms with van der Waals surface area (Å²) in [6.07, 6.45) is 6.91. The molecule has 0 spiro atoms. The van der Waals surface area contributed by atoms with Crippen LogP contribution in [-0.2, 0) is 11.2 Å². The van der Waals surface area contributed by atoms with Crippen LogP contribution in [0.1, 0.15) is 31.2 Å². The number of amides is 1. The largest absolute Gasteiger partial charge is 0.493 e. The lowest BCUT2D eigenvalue weighted by Gasteiger charge is -2.28. The average molecular weight is 497 g/mol. The molecular weight excluding hydrogens is 464 g/mol. The molecule has 1 aliphatic rings. The molecule has 2 unspecified atom stereocenters. The molecule has 1 N–H and O–H groups in total. The van der Waals surface area contributed by atoms with Crippen molar-refractivity contribution in [1.29, 1.82) is 0 Å². The third-order valence-electron chi connectivity index (χ3n) is 7.08. The fourth-order valence-electron chi connectivity index (χ4n) is 5.18. The predicted molar refractivity (Wildman–Crippen MR) is 146 cm³/mol. The number of pyridine rings is 1. The molecule has 1 saturated carbocycles. The topological polar surface area (TPSA) is 69.7 Å². The van der Waals surface area contributed by atoms with Crippen LogP contribution in [0.4, 0.5) is 5.69 Å². The van der Waals surface area contributed by atoms with Gasteiger partial charge in [-0.25, -0.2) is 0 Å². The number of rotatable bonds is 8. The second-order valence-corrected chi connectivity index (χ2v) is 9.57. The Morgan fingerprint density at radius 2 is 1.68 bits per heavy atom. The Kier molecular flexibility index (Phi) is 7.54. The van der Waals surface area contributed by atoms with Crippen molar-refractivity contribution in [3.05, 3.63) is 84.6 Å². The predicted octanol–water partition coefficient (Wildman–Crippen LogP) is 7.03. The van der Waals surface area contributed by atoms with Crippen molar-refractivity contribution in [1.82, 2.24) is 4.98 Å². The maximum absolute atomic E-state index is 13.0. The number of nitrogens with zero attached hydrogens (tertiary/aromatic N) is 1. The summed E-state index contributed by atoms with van der Waals surface area (Å²) in [5.41, 5.74) is 2.87. The summed E-state index contributed by atoms with van der Waals surface area (Å²) in [6, 6.07) is 23.6. The minimum Gasteiger partial charge on any atom is -0.493 e. The molecule has 0 aliphatic heterocycles. The van der Waals surface area contributed by atoms with E-state index in [1.807, 2.05) is 48.5 Å². The van der Waals surface area contributed by atoms with Crippen LogP contribution in [0.3, 0.4) is 0 Å². The lowest BCUT2D eigenvalue weighted by Crippen LogP contribution is -2.28. The molecule has 0 bridgehead atoms. The van der Waals surface area contributed by atoms with Gasteiger partial charge in [-0.1, -0.05) is 43.2 Å². The first kappa shape index (κ1) is 24.6. The fourth-order valence-corrected chi connectivity index (χ4v) is 5.18. The summed E-state index contributed by atoms with van der Waals surface area (Å²) in [7, 11) is 3.20. The molecule has 0 radical (unpaired) electrons. The second kappa shape index (κ2) is 11.3. The number of nitrogens with one attached hydrogen (secondary N) is 1. The van der Waals surface area contributed by atoms with Gasteiger partial charge in [0.1, 0.15) is 11.5 Å². The third-order valence-corrected chi connectivity index (χ3v) is 7.08. The first-order valence-electron chi connectivity index (χ1n) is 12.8. The molecule has 1 heterocycles. The van der Waals surface area contributed by atoms with E-state index in [4.69, 9.17) is 14.2 Å². The van der Waals surface area contributed by atoms with E-state index in [9.17, 15) is 4.79 Å². The Bertz CT molecular complexity index is 1360. The fraction of sp³-hybridized carbons (Fsp3) is 0.290. The molecule has 0 saturated heterocycles. The highest BCUT2D eigenvalue weighted by molar-refractivity contribution is 5.92. The lowest BCUT2D eigenvalue weighted by atomic mass is 9.78. The molecule has 1 aromatic heterocycles. The van der Waals surface area contributed by atoms with Crippen molar-refractivity contribution in [3.63, 3.8) is 0 Å². The zero-order valence-corrected chi connectivity index (χ0v) is 21.3. The molecule has 1 aliphatic carbocycles. The highest BCUT2D eigenvalue weighted by atomic mass is 16.5. The van der Waals surface area contributed by atoms with Crippen LogP contribution in [0.25, 0.3) is 10.9 Å². The summed E-state index contributed by atoms with van der Waals surface area (Å²) < 4.78 is 17.0. The van der Waals surface area contributed by atoms with Crippen molar-refractivity contribution in [2.24, 2.45) is 11.8 Å². The Morgan fingerprint density at radius 3 is 2.43 bits per heavy atom. The average Bonchev–Trinajstić information content (AvgIpc) is 2.94. The summed E-state index contributed by atoms with van der Waals surface area (Å²) in [4.78, 5) is 17.5. The van der Waals surface area contributed by atoms with Crippen molar-refractivity contribution in [2.75, 3.05) is 19.5 Å². The van der Waals surface area contributed by atoms with Gasteiger partial charge in [-0.15, -0.1) is 0 Å². The molecule has 4 aromatic rings. The molecule has 1 amide bonds. The maximum Gasteiger partial charge on any atom is 0.227 e. The van der Waals surface area contributed by atoms with Crippen LogP contribution in [0.2, 0.25) is 0 Å². The van der Waals surface area contributed by atoms with E-state index in [-0.39, 0.29) is 11.8 Å². The van der Waals surface area contributed by atoms with Crippen molar-refractivity contribution < 1.29 is 19.0 Å². The van der Waals surface area contributed by atoms with Crippen LogP contribution >= 0.6 is 0 Å². The number of carbonyl (C=O) groups excluding carboxylic acids is 1. The SMILES string of the molecule is COc1cc2nccc(Oc3ccc(NC(=O)C4CCCC(Cc5ccccc5)C4)cc3)c2cc1OC. The van der Waals surface area contributed by atoms with E-state index < -0.39 is 0 Å². The van der Waals surface area contributed by atoms with E-state index in [0.717, 1.165) is 42.3 Å². The number of aromatic nitrogens is 1. The van der Waals surface area contributed by atoms with Gasteiger partial charge in [0.05, 0.1) is 19.7 Å². The van der Waals surface area contributed by atoms with Crippen LogP contribution in [0, 0.1) is 11.8 Å². The number of anilines is 1. The lowest BCUT2D eigenvalue weighted by molar-refractivity contribution is -0.121. The van der Waals surface area contributed by atoms with Crippen molar-refractivity contribution in [2.45, 2.75) is 32.1 Å². The number of ether oxygens (including phenoxy) is 3. The summed E-state index contributed by atoms with van der Waals surface area (Å²) in [6.45, 7) is 0. The van der Waals surface area contributed by atoms with E-state index in [1.54, 1.807) is 20.4 Å². The second-order valence-electron chi connectivity index (χ2n) is 9.57. The van der Waals surface area contributed by atoms with Crippen molar-refractivity contribution in [3.8, 4) is 23.0 Å². The molecule has 190 valence electrons. The molecule has 37 heavy (non-hydrogen) atoms. The van der Waals surface area contributed by atoms with E-state index in [1.165, 1.54) is 12.0 Å². The van der Waals surface area contributed by atoms with Gasteiger partial charge < -0.3 is 19.5 Å². The Labute approximate surface area is 217 Å². The Morgan fingerprint density at radius 1 is 0.919 bits per heavy atom. The van der Waals surface area contributed by atoms with Crippen LogP contribution in [-0.4, -0.2) is 25.1 Å². The van der Waals surface area contributed by atoms with Gasteiger partial charge >= 0.3 is 0 Å². The monoisotopic (exact) mass is 496 g/mol. The van der Waals surface area contributed by atoms with E-state index >= 15 is 0 Å². The zero-order chi connectivity index (χ0) is 25.6. The quantitative estimate of drug-likeness (QED) is 0.284. The summed E-state index contributed by atoms with van der Waals surface area (Å²) >= 11 is 0. The zero-order valence-electron chi connectivity index (χ0n) is 21.3. The maximum atomic E-state index is 13.0. The van der Waals surface area contributed by atoms with Gasteiger partial charge in [0.2, 0.25) is 5.91 Å². The van der Waals surface area contributed by atoms with Gasteiger partial charge in [-0.2, -0.15) is 0 Å². The van der Waals surface area contributed by atoms with Crippen LogP contribution < -0.4 is 19.5 Å². The minimum atomic E-state index is 0.0496. The highest BCUT2D eigenvalue weighted by Gasteiger charge is 2.27. The molecule has 6 heteroatoms. The smallest absolute Gasteiger partial charge is 0.227 e. The standard InChI is InChI=1S/C31H32N2O4/c1-35-29-19-26-27(20-30(29)36-2)32-16-15-28(26)37-25-13-11-24(12-14-25)33-31(34)23-10-6-9-22(18-23)17-21-7-4-3-5-8-21/h3-5,7-8,11-16,19-20,22-23H,6,9-10,17-18H2,1-2H3,(H,33,34). The van der Waals surface area contributed by atoms with Gasteiger partial charge in [-0.05, 0) is 67.1 Å². The Hall–Kier alpha value is -4.06. The first-order chi connectivity index (χ1) is 18.1.